The molecule has 0 saturated heterocycles. The summed E-state index contributed by atoms with van der Waals surface area (Å²) in [6.07, 6.45) is 3.30. The second-order valence-corrected chi connectivity index (χ2v) is 6.78. The van der Waals surface area contributed by atoms with Crippen LogP contribution in [-0.4, -0.2) is 18.4 Å². The van der Waals surface area contributed by atoms with Crippen LogP contribution in [0.5, 0.6) is 5.75 Å². The van der Waals surface area contributed by atoms with E-state index in [0.29, 0.717) is 13.2 Å². The average molecular weight is 366 g/mol. The summed E-state index contributed by atoms with van der Waals surface area (Å²) < 4.78 is 5.96. The summed E-state index contributed by atoms with van der Waals surface area (Å²) in [5, 5.41) is 2.77. The summed E-state index contributed by atoms with van der Waals surface area (Å²) >= 11 is 0. The molecule has 1 heterocycles. The van der Waals surface area contributed by atoms with Crippen LogP contribution in [0, 0.1) is 0 Å². The minimum atomic E-state index is -0.628. The Balaban J connectivity index is 1.81. The van der Waals surface area contributed by atoms with E-state index in [1.165, 1.54) is 6.92 Å². The summed E-state index contributed by atoms with van der Waals surface area (Å²) in [4.78, 5) is 26.3. The smallest absolute Gasteiger partial charge is 0.254 e. The Morgan fingerprint density at radius 3 is 2.63 bits per heavy atom. The average Bonchev–Trinajstić information content (AvgIpc) is 2.92. The fraction of sp³-hybridized carbons (Fsp3) is 0.364. The lowest BCUT2D eigenvalue weighted by atomic mass is 10.1. The zero-order valence-corrected chi connectivity index (χ0v) is 15.9. The molecule has 0 spiro atoms. The van der Waals surface area contributed by atoms with Crippen LogP contribution in [0.25, 0.3) is 0 Å². The van der Waals surface area contributed by atoms with Gasteiger partial charge < -0.3 is 15.0 Å². The molecule has 2 aromatic carbocycles. The third-order valence-corrected chi connectivity index (χ3v) is 4.71. The fourth-order valence-electron chi connectivity index (χ4n) is 3.37. The largest absolute Gasteiger partial charge is 0.493 e. The Morgan fingerprint density at radius 2 is 1.85 bits per heavy atom. The van der Waals surface area contributed by atoms with Gasteiger partial charge in [-0.25, -0.2) is 0 Å². The predicted octanol–water partition coefficient (Wildman–Crippen LogP) is 3.98. The molecule has 27 heavy (non-hydrogen) atoms. The maximum absolute atomic E-state index is 13.0. The van der Waals surface area contributed by atoms with Crippen molar-refractivity contribution in [3.05, 3.63) is 59.7 Å². The maximum atomic E-state index is 13.0. The molecule has 1 aliphatic heterocycles. The van der Waals surface area contributed by atoms with Crippen molar-refractivity contribution in [1.82, 2.24) is 5.32 Å². The minimum Gasteiger partial charge on any atom is -0.493 e. The molecule has 1 atom stereocenters. The number of carbonyl (C=O) groups excluding carboxylic acids is 2. The van der Waals surface area contributed by atoms with E-state index >= 15 is 0 Å². The lowest BCUT2D eigenvalue weighted by molar-refractivity contribution is -0.126. The molecule has 142 valence electrons. The number of nitrogens with one attached hydrogen (secondary N) is 1. The molecule has 0 aromatic heterocycles. The lowest BCUT2D eigenvalue weighted by Gasteiger charge is -2.20. The van der Waals surface area contributed by atoms with Crippen LogP contribution in [0.1, 0.15) is 50.3 Å². The molecule has 0 aliphatic carbocycles. The minimum absolute atomic E-state index is 0.118. The van der Waals surface area contributed by atoms with E-state index in [0.717, 1.165) is 41.8 Å². The monoisotopic (exact) mass is 366 g/mol. The van der Waals surface area contributed by atoms with Gasteiger partial charge in [0.2, 0.25) is 5.91 Å². The maximum Gasteiger partial charge on any atom is 0.254 e. The molecule has 0 bridgehead atoms. The number of hydrogen-bond donors (Lipinski definition) is 1. The van der Waals surface area contributed by atoms with Gasteiger partial charge in [-0.2, -0.15) is 0 Å². The number of fused-ring (bicyclic) bond motifs is 1. The first-order valence-electron chi connectivity index (χ1n) is 9.50. The van der Waals surface area contributed by atoms with Gasteiger partial charge in [-0.15, -0.1) is 0 Å². The van der Waals surface area contributed by atoms with Crippen molar-refractivity contribution in [2.75, 3.05) is 11.5 Å². The van der Waals surface area contributed by atoms with Crippen molar-refractivity contribution in [3.63, 3.8) is 0 Å². The number of hydrogen-bond acceptors (Lipinski definition) is 3. The molecule has 5 nitrogen and oxygen atoms in total. The van der Waals surface area contributed by atoms with Crippen molar-refractivity contribution < 1.29 is 14.3 Å². The molecule has 0 saturated carbocycles. The third kappa shape index (κ3) is 4.30. The first kappa shape index (κ1) is 19.0. The molecule has 5 heteroatoms. The Bertz CT molecular complexity index is 819. The van der Waals surface area contributed by atoms with Crippen LogP contribution in [0.4, 0.5) is 5.69 Å². The molecule has 3 rings (SSSR count). The van der Waals surface area contributed by atoms with Crippen LogP contribution in [0.15, 0.2) is 48.5 Å². The molecule has 2 aromatic rings. The topological polar surface area (TPSA) is 58.6 Å². The highest BCUT2D eigenvalue weighted by Gasteiger charge is 2.37. The van der Waals surface area contributed by atoms with Crippen LogP contribution in [-0.2, 0) is 16.1 Å². The Labute approximate surface area is 160 Å². The van der Waals surface area contributed by atoms with Crippen molar-refractivity contribution in [2.24, 2.45) is 0 Å². The van der Waals surface area contributed by atoms with E-state index in [2.05, 4.69) is 12.2 Å². The highest BCUT2D eigenvalue weighted by Crippen LogP contribution is 2.37. The quantitative estimate of drug-likeness (QED) is 0.719. The van der Waals surface area contributed by atoms with Crippen LogP contribution in [0.3, 0.4) is 0 Å². The van der Waals surface area contributed by atoms with E-state index in [9.17, 15) is 9.59 Å². The molecule has 0 fully saturated rings. The van der Waals surface area contributed by atoms with Crippen LogP contribution in [0.2, 0.25) is 0 Å². The van der Waals surface area contributed by atoms with E-state index in [1.54, 1.807) is 4.90 Å². The summed E-state index contributed by atoms with van der Waals surface area (Å²) in [6, 6.07) is 14.8. The number of anilines is 1. The molecule has 1 N–H and O–H groups in total. The van der Waals surface area contributed by atoms with Crippen LogP contribution < -0.4 is 15.0 Å². The number of rotatable bonds is 8. The summed E-state index contributed by atoms with van der Waals surface area (Å²) in [7, 11) is 0. The van der Waals surface area contributed by atoms with Crippen molar-refractivity contribution in [1.29, 1.82) is 0 Å². The van der Waals surface area contributed by atoms with Gasteiger partial charge in [0, 0.05) is 23.7 Å². The number of ether oxygens (including phenoxy) is 1. The van der Waals surface area contributed by atoms with Gasteiger partial charge in [0.05, 0.1) is 13.2 Å². The van der Waals surface area contributed by atoms with Gasteiger partial charge in [-0.05, 0) is 18.6 Å². The Hall–Kier alpha value is -2.82. The molecule has 2 amide bonds. The number of amides is 2. The van der Waals surface area contributed by atoms with Gasteiger partial charge in [0.15, 0.2) is 0 Å². The van der Waals surface area contributed by atoms with Gasteiger partial charge in [0.1, 0.15) is 11.8 Å². The number of carbonyl (C=O) groups is 2. The van der Waals surface area contributed by atoms with Gasteiger partial charge in [-0.1, -0.05) is 56.2 Å². The lowest BCUT2D eigenvalue weighted by Crippen LogP contribution is -2.36. The summed E-state index contributed by atoms with van der Waals surface area (Å²) in [6.45, 7) is 4.67. The van der Waals surface area contributed by atoms with E-state index < -0.39 is 6.04 Å². The van der Waals surface area contributed by atoms with E-state index in [4.69, 9.17) is 4.74 Å². The predicted molar refractivity (Wildman–Crippen MR) is 106 cm³/mol. The van der Waals surface area contributed by atoms with E-state index in [1.807, 2.05) is 48.5 Å². The van der Waals surface area contributed by atoms with E-state index in [-0.39, 0.29) is 11.8 Å². The standard InChI is InChI=1S/C22H26N2O3/c1-3-4-9-14-27-20-13-8-5-10-17(20)15-24-19-12-7-6-11-18(19)21(22(24)26)23-16(2)25/h5-8,10-13,21H,3-4,9,14-15H2,1-2H3,(H,23,25)/t21-/m1/s1. The fourth-order valence-corrected chi connectivity index (χ4v) is 3.37. The Kier molecular flexibility index (Phi) is 6.12. The SMILES string of the molecule is CCCCCOc1ccccc1CN1C(=O)[C@H](NC(C)=O)c2ccccc21. The van der Waals surface area contributed by atoms with Gasteiger partial charge in [-0.3, -0.25) is 9.59 Å². The molecule has 0 unspecified atom stereocenters. The first-order chi connectivity index (χ1) is 13.1. The van der Waals surface area contributed by atoms with Gasteiger partial charge in [0.25, 0.3) is 5.91 Å². The second-order valence-electron chi connectivity index (χ2n) is 6.78. The second kappa shape index (κ2) is 8.71. The summed E-state index contributed by atoms with van der Waals surface area (Å²) in [5.41, 5.74) is 2.63. The normalized spacial score (nSPS) is 15.6. The van der Waals surface area contributed by atoms with Crippen molar-refractivity contribution >= 4 is 17.5 Å². The van der Waals surface area contributed by atoms with Crippen molar-refractivity contribution in [2.45, 2.75) is 45.7 Å². The van der Waals surface area contributed by atoms with Gasteiger partial charge >= 0.3 is 0 Å². The highest BCUT2D eigenvalue weighted by atomic mass is 16.5. The summed E-state index contributed by atoms with van der Waals surface area (Å²) in [5.74, 6) is 0.471. The first-order valence-corrected chi connectivity index (χ1v) is 9.50. The third-order valence-electron chi connectivity index (χ3n) is 4.71. The zero-order valence-electron chi connectivity index (χ0n) is 15.9. The number of unbranched alkanes of at least 4 members (excludes halogenated alkanes) is 2. The molecule has 0 radical (unpaired) electrons. The number of benzene rings is 2. The number of nitrogens with zero attached hydrogens (tertiary/aromatic N) is 1. The molecule has 1 aliphatic rings. The number of para-hydroxylation sites is 2. The molecular formula is C22H26N2O3. The zero-order chi connectivity index (χ0) is 19.2. The Morgan fingerprint density at radius 1 is 1.11 bits per heavy atom. The molecular weight excluding hydrogens is 340 g/mol. The van der Waals surface area contributed by atoms with Crippen LogP contribution >= 0.6 is 0 Å². The van der Waals surface area contributed by atoms with Crippen molar-refractivity contribution in [3.8, 4) is 5.75 Å². The highest BCUT2D eigenvalue weighted by molar-refractivity contribution is 6.06.